The van der Waals surface area contributed by atoms with Gasteiger partial charge in [0.25, 0.3) is 5.91 Å². The fourth-order valence-corrected chi connectivity index (χ4v) is 8.36. The van der Waals surface area contributed by atoms with Crippen LogP contribution in [0.25, 0.3) is 0 Å². The lowest BCUT2D eigenvalue weighted by Crippen LogP contribution is -2.63. The molecule has 3 aliphatic heterocycles. The van der Waals surface area contributed by atoms with Gasteiger partial charge in [0.15, 0.2) is 0 Å². The molecule has 0 bridgehead atoms. The van der Waals surface area contributed by atoms with E-state index in [0.29, 0.717) is 26.0 Å². The van der Waals surface area contributed by atoms with E-state index in [1.165, 1.54) is 9.80 Å². The van der Waals surface area contributed by atoms with Crippen molar-refractivity contribution in [1.82, 2.24) is 31.1 Å². The number of rotatable bonds is 7. The van der Waals surface area contributed by atoms with Gasteiger partial charge >= 0.3 is 6.03 Å². The number of amides is 7. The molecule has 0 aromatic heterocycles. The SMILES string of the molecule is C[C@@H]1OCCCCCCC[C@@H](C(=O)C(=O)NC2CC2)NC(=O)[C@@H]2[C@@H]3[C@H](CN2C(=O)[C@H]1NC(=O)N[C@H](CN1C(=O)CC(C)(C)CC1=O)C(C)(C)C)C3(C)C. The monoisotopic (exact) mass is 742 g/mol. The Morgan fingerprint density at radius 3 is 2.15 bits per heavy atom. The van der Waals surface area contributed by atoms with E-state index in [2.05, 4.69) is 35.1 Å². The van der Waals surface area contributed by atoms with Gasteiger partial charge in [-0.2, -0.15) is 0 Å². The molecule has 7 amide bonds. The topological polar surface area (TPSA) is 183 Å². The summed E-state index contributed by atoms with van der Waals surface area (Å²) in [6.07, 6.45) is 5.58. The van der Waals surface area contributed by atoms with Crippen LogP contribution in [0.4, 0.5) is 4.79 Å². The minimum atomic E-state index is -1.17. The largest absolute Gasteiger partial charge is 0.376 e. The number of imide groups is 1. The first-order chi connectivity index (χ1) is 24.7. The molecule has 5 rings (SSSR count). The maximum absolute atomic E-state index is 14.6. The Labute approximate surface area is 314 Å². The molecule has 53 heavy (non-hydrogen) atoms. The molecule has 14 heteroatoms. The first-order valence-corrected chi connectivity index (χ1v) is 19.7. The van der Waals surface area contributed by atoms with Crippen LogP contribution < -0.4 is 21.3 Å². The average Bonchev–Trinajstić information content (AvgIpc) is 3.90. The van der Waals surface area contributed by atoms with E-state index in [0.717, 1.165) is 38.5 Å². The van der Waals surface area contributed by atoms with E-state index in [4.69, 9.17) is 4.74 Å². The lowest BCUT2D eigenvalue weighted by Gasteiger charge is -2.40. The van der Waals surface area contributed by atoms with Gasteiger partial charge in [0.05, 0.1) is 18.2 Å². The molecule has 7 atom stereocenters. The number of urea groups is 1. The number of nitrogens with one attached hydrogen (secondary N) is 4. The summed E-state index contributed by atoms with van der Waals surface area (Å²) in [6, 6.07) is -4.38. The molecule has 0 radical (unpaired) electrons. The molecular weight excluding hydrogens is 680 g/mol. The highest BCUT2D eigenvalue weighted by atomic mass is 16.5. The van der Waals surface area contributed by atoms with Crippen molar-refractivity contribution < 1.29 is 38.3 Å². The Morgan fingerprint density at radius 1 is 0.906 bits per heavy atom. The second kappa shape index (κ2) is 15.7. The Hall–Kier alpha value is -3.55. The van der Waals surface area contributed by atoms with Crippen molar-refractivity contribution in [2.45, 2.75) is 156 Å². The van der Waals surface area contributed by atoms with E-state index in [-0.39, 0.29) is 54.5 Å². The minimum absolute atomic E-state index is 0.00371. The molecule has 2 aliphatic carbocycles. The van der Waals surface area contributed by atoms with E-state index < -0.39 is 70.6 Å². The van der Waals surface area contributed by atoms with Gasteiger partial charge in [0, 0.05) is 38.6 Å². The minimum Gasteiger partial charge on any atom is -0.376 e. The van der Waals surface area contributed by atoms with E-state index in [9.17, 15) is 33.6 Å². The summed E-state index contributed by atoms with van der Waals surface area (Å²) in [5.74, 6) is -3.02. The second-order valence-corrected chi connectivity index (χ2v) is 18.6. The maximum atomic E-state index is 14.6. The molecule has 0 unspecified atom stereocenters. The Kier molecular flexibility index (Phi) is 12.0. The van der Waals surface area contributed by atoms with E-state index in [1.54, 1.807) is 6.92 Å². The predicted octanol–water partition coefficient (Wildman–Crippen LogP) is 2.82. The average molecular weight is 743 g/mol. The highest BCUT2D eigenvalue weighted by Crippen LogP contribution is 2.65. The summed E-state index contributed by atoms with van der Waals surface area (Å²) in [4.78, 5) is 97.6. The fourth-order valence-electron chi connectivity index (χ4n) is 8.36. The fraction of sp³-hybridized carbons (Fsp3) is 0.821. The van der Waals surface area contributed by atoms with Crippen LogP contribution in [0.2, 0.25) is 0 Å². The third-order valence-corrected chi connectivity index (χ3v) is 12.1. The van der Waals surface area contributed by atoms with Crippen LogP contribution in [0.1, 0.15) is 120 Å². The molecule has 3 heterocycles. The molecule has 0 aromatic rings. The van der Waals surface area contributed by atoms with Crippen LogP contribution in [-0.2, 0) is 33.5 Å². The van der Waals surface area contributed by atoms with Crippen molar-refractivity contribution in [2.75, 3.05) is 19.7 Å². The quantitative estimate of drug-likeness (QED) is 0.227. The van der Waals surface area contributed by atoms with Gasteiger partial charge in [0.1, 0.15) is 12.1 Å². The van der Waals surface area contributed by atoms with E-state index >= 15 is 0 Å². The molecule has 0 aromatic carbocycles. The summed E-state index contributed by atoms with van der Waals surface area (Å²) in [7, 11) is 0. The number of nitrogens with zero attached hydrogens (tertiary/aromatic N) is 2. The lowest BCUT2D eigenvalue weighted by atomic mass is 9.80. The number of ether oxygens (including phenoxy) is 1. The molecule has 296 valence electrons. The predicted molar refractivity (Wildman–Crippen MR) is 196 cm³/mol. The van der Waals surface area contributed by atoms with Crippen molar-refractivity contribution in [3.8, 4) is 0 Å². The van der Waals surface area contributed by atoms with Crippen LogP contribution >= 0.6 is 0 Å². The number of ketones is 1. The van der Waals surface area contributed by atoms with Crippen molar-refractivity contribution >= 4 is 41.4 Å². The first-order valence-electron chi connectivity index (χ1n) is 19.7. The maximum Gasteiger partial charge on any atom is 0.315 e. The van der Waals surface area contributed by atoms with Crippen LogP contribution in [0.3, 0.4) is 0 Å². The molecule has 3 saturated heterocycles. The standard InChI is InChI=1S/C39H62N6O8/c1-22-30(43-36(52)42-26(37(2,3)4)21-44-27(46)18-38(5,6)19-28(44)47)35(51)45-20-24-29(39(24,7)8)31(45)33(49)41-25(14-12-10-9-11-13-17-53-22)32(48)34(50)40-23-15-16-23/h22-26,29-31H,9-21H2,1-8H3,(H,40,50)(H,41,49)(H2,42,43,52)/t22-,24-,25-,26+,29-,30-,31-/m0/s1. The van der Waals surface area contributed by atoms with Gasteiger partial charge in [-0.1, -0.05) is 74.1 Å². The third kappa shape index (κ3) is 9.58. The number of carbonyl (C=O) groups excluding carboxylic acids is 7. The van der Waals surface area contributed by atoms with Gasteiger partial charge in [-0.05, 0) is 60.7 Å². The Bertz CT molecular complexity index is 1450. The van der Waals surface area contributed by atoms with Crippen LogP contribution in [0, 0.1) is 28.1 Å². The first kappa shape index (κ1) is 40.6. The van der Waals surface area contributed by atoms with Gasteiger partial charge < -0.3 is 30.9 Å². The van der Waals surface area contributed by atoms with Gasteiger partial charge in [0.2, 0.25) is 29.4 Å². The van der Waals surface area contributed by atoms with Crippen molar-refractivity contribution in [3.05, 3.63) is 0 Å². The van der Waals surface area contributed by atoms with Crippen LogP contribution in [0.15, 0.2) is 0 Å². The summed E-state index contributed by atoms with van der Waals surface area (Å²) in [5, 5.41) is 11.4. The molecule has 5 aliphatic rings. The number of Topliss-reactive ketones (excluding diaryl/α,β-unsaturated/α-hetero) is 1. The number of hydrogen-bond acceptors (Lipinski definition) is 8. The van der Waals surface area contributed by atoms with Gasteiger partial charge in [-0.3, -0.25) is 33.7 Å². The van der Waals surface area contributed by atoms with Gasteiger partial charge in [-0.25, -0.2) is 4.79 Å². The number of piperidine rings is 2. The van der Waals surface area contributed by atoms with Gasteiger partial charge in [-0.15, -0.1) is 0 Å². The zero-order chi connectivity index (χ0) is 39.0. The zero-order valence-corrected chi connectivity index (χ0v) is 33.0. The highest BCUT2D eigenvalue weighted by Gasteiger charge is 2.69. The summed E-state index contributed by atoms with van der Waals surface area (Å²) < 4.78 is 6.16. The number of likely N-dealkylation sites (tertiary alicyclic amines) is 1. The number of hydrogen-bond donors (Lipinski definition) is 4. The van der Waals surface area contributed by atoms with Crippen LogP contribution in [0.5, 0.6) is 0 Å². The molecule has 5 fully saturated rings. The second-order valence-electron chi connectivity index (χ2n) is 18.6. The summed E-state index contributed by atoms with van der Waals surface area (Å²) in [5.41, 5.74) is -1.22. The summed E-state index contributed by atoms with van der Waals surface area (Å²) >= 11 is 0. The zero-order valence-electron chi connectivity index (χ0n) is 33.0. The van der Waals surface area contributed by atoms with Crippen molar-refractivity contribution in [3.63, 3.8) is 0 Å². The molecule has 14 nitrogen and oxygen atoms in total. The Balaban J connectivity index is 1.36. The Morgan fingerprint density at radius 2 is 1.53 bits per heavy atom. The molecule has 0 spiro atoms. The smallest absolute Gasteiger partial charge is 0.315 e. The third-order valence-electron chi connectivity index (χ3n) is 12.1. The highest BCUT2D eigenvalue weighted by molar-refractivity contribution is 6.38. The number of carbonyl (C=O) groups is 7. The lowest BCUT2D eigenvalue weighted by molar-refractivity contribution is -0.153. The van der Waals surface area contributed by atoms with E-state index in [1.807, 2.05) is 34.6 Å². The number of fused-ring (bicyclic) bond motifs is 3. The van der Waals surface area contributed by atoms with Crippen molar-refractivity contribution in [2.24, 2.45) is 28.1 Å². The molecular formula is C39H62N6O8. The van der Waals surface area contributed by atoms with Crippen LogP contribution in [-0.4, -0.2) is 107 Å². The summed E-state index contributed by atoms with van der Waals surface area (Å²) in [6.45, 7) is 16.0. The van der Waals surface area contributed by atoms with Crippen molar-refractivity contribution in [1.29, 1.82) is 0 Å². The normalized spacial score (nSPS) is 31.5. The molecule has 4 N–H and O–H groups in total. The molecule has 2 saturated carbocycles.